The fourth-order valence-electron chi connectivity index (χ4n) is 4.07. The molecule has 2 N–H and O–H groups in total. The maximum atomic E-state index is 13.0. The maximum absolute atomic E-state index is 13.0. The molecule has 0 saturated carbocycles. The first-order chi connectivity index (χ1) is 12.3. The second-order valence-corrected chi connectivity index (χ2v) is 8.60. The highest BCUT2D eigenvalue weighted by molar-refractivity contribution is 5.85. The van der Waals surface area contributed by atoms with E-state index in [4.69, 9.17) is 4.98 Å². The van der Waals surface area contributed by atoms with Crippen molar-refractivity contribution in [2.24, 2.45) is 17.3 Å². The largest absolute Gasteiger partial charge is 0.353 e. The smallest absolute Gasteiger partial charge is 0.226 e. The lowest BCUT2D eigenvalue weighted by Crippen LogP contribution is -2.51. The van der Waals surface area contributed by atoms with Crippen LogP contribution in [-0.4, -0.2) is 48.1 Å². The molecule has 0 spiro atoms. The summed E-state index contributed by atoms with van der Waals surface area (Å²) in [6.45, 7) is 14.1. The average Bonchev–Trinajstić information content (AvgIpc) is 3.02. The molecule has 0 aromatic carbocycles. The summed E-state index contributed by atoms with van der Waals surface area (Å²) in [4.78, 5) is 24.5. The minimum atomic E-state index is -0.250. The van der Waals surface area contributed by atoms with Crippen molar-refractivity contribution in [2.75, 3.05) is 31.1 Å². The van der Waals surface area contributed by atoms with Crippen molar-refractivity contribution in [2.45, 2.75) is 53.5 Å². The first kappa shape index (κ1) is 24.9. The van der Waals surface area contributed by atoms with Crippen LogP contribution in [0.25, 0.3) is 0 Å². The molecule has 6 nitrogen and oxygen atoms in total. The van der Waals surface area contributed by atoms with E-state index in [1.165, 1.54) is 0 Å². The van der Waals surface area contributed by atoms with Crippen LogP contribution in [0, 0.1) is 31.1 Å². The summed E-state index contributed by atoms with van der Waals surface area (Å²) in [6, 6.07) is 0.164. The van der Waals surface area contributed by atoms with E-state index in [1.54, 1.807) is 0 Å². The van der Waals surface area contributed by atoms with Crippen molar-refractivity contribution in [1.82, 2.24) is 20.6 Å². The van der Waals surface area contributed by atoms with E-state index >= 15 is 0 Å². The lowest BCUT2D eigenvalue weighted by Gasteiger charge is -2.34. The van der Waals surface area contributed by atoms with Crippen LogP contribution >= 0.6 is 24.8 Å². The number of hydrogen-bond donors (Lipinski definition) is 2. The SMILES string of the molecule is Cc1ncc(N2C[C@H](NC(=O)C3(C)CCNCC3)[C@@H](C(C)C)C2)nc1C.Cl.Cl. The molecule has 28 heavy (non-hydrogen) atoms. The molecule has 1 amide bonds. The van der Waals surface area contributed by atoms with E-state index < -0.39 is 0 Å². The van der Waals surface area contributed by atoms with Crippen molar-refractivity contribution < 1.29 is 4.79 Å². The van der Waals surface area contributed by atoms with Gasteiger partial charge >= 0.3 is 0 Å². The van der Waals surface area contributed by atoms with Gasteiger partial charge in [-0.15, -0.1) is 24.8 Å². The number of halogens is 2. The predicted octanol–water partition coefficient (Wildman–Crippen LogP) is 2.90. The number of piperidine rings is 1. The Labute approximate surface area is 181 Å². The number of anilines is 1. The van der Waals surface area contributed by atoms with E-state index in [-0.39, 0.29) is 42.2 Å². The van der Waals surface area contributed by atoms with Crippen LogP contribution in [0.5, 0.6) is 0 Å². The van der Waals surface area contributed by atoms with Crippen molar-refractivity contribution >= 4 is 36.5 Å². The molecule has 2 saturated heterocycles. The van der Waals surface area contributed by atoms with Gasteiger partial charge in [-0.3, -0.25) is 9.78 Å². The minimum absolute atomic E-state index is 0. The van der Waals surface area contributed by atoms with Crippen LogP contribution < -0.4 is 15.5 Å². The van der Waals surface area contributed by atoms with E-state index in [9.17, 15) is 4.79 Å². The zero-order valence-electron chi connectivity index (χ0n) is 17.6. The molecule has 3 heterocycles. The molecule has 0 radical (unpaired) electrons. The lowest BCUT2D eigenvalue weighted by molar-refractivity contribution is -0.132. The quantitative estimate of drug-likeness (QED) is 0.766. The van der Waals surface area contributed by atoms with E-state index in [0.717, 1.165) is 56.2 Å². The van der Waals surface area contributed by atoms with Gasteiger partial charge in [0.15, 0.2) is 0 Å². The molecule has 8 heteroatoms. The van der Waals surface area contributed by atoms with Crippen LogP contribution in [0.2, 0.25) is 0 Å². The van der Waals surface area contributed by atoms with Gasteiger partial charge in [-0.25, -0.2) is 4.98 Å². The normalized spacial score (nSPS) is 23.7. The highest BCUT2D eigenvalue weighted by Crippen LogP contribution is 2.31. The molecule has 0 unspecified atom stereocenters. The van der Waals surface area contributed by atoms with Crippen LogP contribution in [0.15, 0.2) is 6.20 Å². The summed E-state index contributed by atoms with van der Waals surface area (Å²) in [5, 5.41) is 6.74. The Kier molecular flexibility index (Phi) is 8.97. The van der Waals surface area contributed by atoms with Gasteiger partial charge in [0.2, 0.25) is 5.91 Å². The van der Waals surface area contributed by atoms with Crippen LogP contribution in [0.3, 0.4) is 0 Å². The molecular weight excluding hydrogens is 397 g/mol. The maximum Gasteiger partial charge on any atom is 0.226 e. The molecule has 2 atom stereocenters. The molecule has 160 valence electrons. The minimum Gasteiger partial charge on any atom is -0.353 e. The van der Waals surface area contributed by atoms with Crippen molar-refractivity contribution in [3.63, 3.8) is 0 Å². The Morgan fingerprint density at radius 3 is 2.43 bits per heavy atom. The van der Waals surface area contributed by atoms with Crippen molar-refractivity contribution in [3.8, 4) is 0 Å². The van der Waals surface area contributed by atoms with Gasteiger partial charge in [-0.05, 0) is 45.7 Å². The molecule has 0 aliphatic carbocycles. The third-order valence-corrected chi connectivity index (χ3v) is 6.30. The number of carbonyl (C=O) groups excluding carboxylic acids is 1. The van der Waals surface area contributed by atoms with Gasteiger partial charge in [0, 0.05) is 24.4 Å². The highest BCUT2D eigenvalue weighted by atomic mass is 35.5. The zero-order valence-corrected chi connectivity index (χ0v) is 19.3. The van der Waals surface area contributed by atoms with Gasteiger partial charge in [-0.1, -0.05) is 20.8 Å². The average molecular weight is 432 g/mol. The van der Waals surface area contributed by atoms with Crippen molar-refractivity contribution in [3.05, 3.63) is 17.6 Å². The fourth-order valence-corrected chi connectivity index (χ4v) is 4.07. The number of carbonyl (C=O) groups is 1. The summed E-state index contributed by atoms with van der Waals surface area (Å²) in [6.07, 6.45) is 3.67. The Morgan fingerprint density at radius 2 is 1.86 bits per heavy atom. The van der Waals surface area contributed by atoms with Gasteiger partial charge in [0.1, 0.15) is 5.82 Å². The summed E-state index contributed by atoms with van der Waals surface area (Å²) < 4.78 is 0. The van der Waals surface area contributed by atoms with Gasteiger partial charge in [-0.2, -0.15) is 0 Å². The summed E-state index contributed by atoms with van der Waals surface area (Å²) in [7, 11) is 0. The van der Waals surface area contributed by atoms with Crippen LogP contribution in [0.4, 0.5) is 5.82 Å². The molecule has 1 aromatic rings. The Hall–Kier alpha value is -1.11. The number of aryl methyl sites for hydroxylation is 2. The molecule has 2 fully saturated rings. The number of nitrogens with zero attached hydrogens (tertiary/aromatic N) is 3. The number of amides is 1. The third-order valence-electron chi connectivity index (χ3n) is 6.30. The number of rotatable bonds is 4. The van der Waals surface area contributed by atoms with Crippen LogP contribution in [0.1, 0.15) is 45.0 Å². The second-order valence-electron chi connectivity index (χ2n) is 8.60. The van der Waals surface area contributed by atoms with E-state index in [1.807, 2.05) is 20.0 Å². The van der Waals surface area contributed by atoms with Crippen LogP contribution in [-0.2, 0) is 4.79 Å². The zero-order chi connectivity index (χ0) is 18.9. The summed E-state index contributed by atoms with van der Waals surface area (Å²) >= 11 is 0. The number of aromatic nitrogens is 2. The predicted molar refractivity (Wildman–Crippen MR) is 119 cm³/mol. The standard InChI is InChI=1S/C20H33N5O.2ClH/c1-13(2)16-11-25(18-10-22-14(3)15(4)23-18)12-17(16)24-19(26)20(5)6-8-21-9-7-20;;/h10,13,16-17,21H,6-9,11-12H2,1-5H3,(H,24,26);2*1H/t16-,17+;;/m1../s1. The summed E-state index contributed by atoms with van der Waals surface area (Å²) in [5.41, 5.74) is 1.69. The van der Waals surface area contributed by atoms with E-state index in [0.29, 0.717) is 11.8 Å². The Bertz CT molecular complexity index is 664. The first-order valence-corrected chi connectivity index (χ1v) is 9.87. The lowest BCUT2D eigenvalue weighted by atomic mass is 9.79. The fraction of sp³-hybridized carbons (Fsp3) is 0.750. The second kappa shape index (κ2) is 10.1. The molecular formula is C20H35Cl2N5O. The Balaban J connectivity index is 0.00000196. The molecule has 1 aromatic heterocycles. The number of nitrogens with one attached hydrogen (secondary N) is 2. The molecule has 2 aliphatic rings. The first-order valence-electron chi connectivity index (χ1n) is 9.87. The monoisotopic (exact) mass is 431 g/mol. The molecule has 0 bridgehead atoms. The number of hydrogen-bond acceptors (Lipinski definition) is 5. The Morgan fingerprint density at radius 1 is 1.21 bits per heavy atom. The van der Waals surface area contributed by atoms with Gasteiger partial charge in [0.05, 0.1) is 23.6 Å². The van der Waals surface area contributed by atoms with Gasteiger partial charge in [0.25, 0.3) is 0 Å². The summed E-state index contributed by atoms with van der Waals surface area (Å²) in [5.74, 6) is 2.06. The molecule has 3 rings (SSSR count). The third kappa shape index (κ3) is 5.28. The topological polar surface area (TPSA) is 70.2 Å². The van der Waals surface area contributed by atoms with Crippen molar-refractivity contribution in [1.29, 1.82) is 0 Å². The molecule has 2 aliphatic heterocycles. The van der Waals surface area contributed by atoms with Gasteiger partial charge < -0.3 is 15.5 Å². The highest BCUT2D eigenvalue weighted by Gasteiger charge is 2.41. The van der Waals surface area contributed by atoms with E-state index in [2.05, 4.69) is 41.3 Å².